The van der Waals surface area contributed by atoms with Crippen molar-refractivity contribution in [1.29, 1.82) is 0 Å². The van der Waals surface area contributed by atoms with Gasteiger partial charge in [0.05, 0.1) is 0 Å². The molecule has 4 nitrogen and oxygen atoms in total. The van der Waals surface area contributed by atoms with E-state index in [9.17, 15) is 4.79 Å². The fourth-order valence-corrected chi connectivity index (χ4v) is 2.80. The molecule has 0 aromatic carbocycles. The van der Waals surface area contributed by atoms with Gasteiger partial charge in [-0.05, 0) is 50.3 Å². The van der Waals surface area contributed by atoms with Crippen LogP contribution in [0.4, 0.5) is 0 Å². The maximum Gasteiger partial charge on any atom is 0.223 e. The second kappa shape index (κ2) is 6.35. The van der Waals surface area contributed by atoms with Crippen molar-refractivity contribution in [1.82, 2.24) is 9.88 Å². The van der Waals surface area contributed by atoms with Crippen LogP contribution in [0.1, 0.15) is 45.1 Å². The van der Waals surface area contributed by atoms with Crippen LogP contribution in [-0.4, -0.2) is 28.4 Å². The fraction of sp³-hybridized carbons (Fsp3) is 0.625. The Morgan fingerprint density at radius 1 is 1.50 bits per heavy atom. The minimum Gasteiger partial charge on any atom is -0.336 e. The summed E-state index contributed by atoms with van der Waals surface area (Å²) in [6.07, 6.45) is 7.55. The molecule has 1 heterocycles. The van der Waals surface area contributed by atoms with Crippen molar-refractivity contribution in [3.05, 3.63) is 30.1 Å². The first kappa shape index (κ1) is 15.0. The van der Waals surface area contributed by atoms with Gasteiger partial charge < -0.3 is 10.6 Å². The number of hydrogen-bond acceptors (Lipinski definition) is 3. The number of nitrogens with zero attached hydrogens (tertiary/aromatic N) is 2. The third-order valence-corrected chi connectivity index (χ3v) is 4.39. The maximum atomic E-state index is 12.6. The molecule has 2 rings (SSSR count). The molecule has 1 aliphatic carbocycles. The van der Waals surface area contributed by atoms with Gasteiger partial charge in [0, 0.05) is 31.4 Å². The van der Waals surface area contributed by atoms with Gasteiger partial charge in [-0.15, -0.1) is 0 Å². The van der Waals surface area contributed by atoms with Crippen LogP contribution >= 0.6 is 0 Å². The minimum atomic E-state index is 0.0686. The van der Waals surface area contributed by atoms with Crippen molar-refractivity contribution >= 4 is 5.91 Å². The SMILES string of the molecule is CC(C)N(Cc1cccnc1)C(=O)CC1(CN)CCC1. The smallest absolute Gasteiger partial charge is 0.223 e. The second-order valence-electron chi connectivity index (χ2n) is 6.21. The molecule has 0 saturated heterocycles. The summed E-state index contributed by atoms with van der Waals surface area (Å²) < 4.78 is 0. The zero-order chi connectivity index (χ0) is 14.6. The maximum absolute atomic E-state index is 12.6. The van der Waals surface area contributed by atoms with E-state index in [1.807, 2.05) is 23.2 Å². The molecular formula is C16H25N3O. The highest BCUT2D eigenvalue weighted by molar-refractivity contribution is 5.77. The minimum absolute atomic E-state index is 0.0686. The van der Waals surface area contributed by atoms with Gasteiger partial charge >= 0.3 is 0 Å². The Bertz CT molecular complexity index is 435. The topological polar surface area (TPSA) is 59.2 Å². The van der Waals surface area contributed by atoms with E-state index in [0.29, 0.717) is 19.5 Å². The molecule has 1 fully saturated rings. The van der Waals surface area contributed by atoms with Gasteiger partial charge in [-0.3, -0.25) is 9.78 Å². The Morgan fingerprint density at radius 3 is 2.70 bits per heavy atom. The summed E-state index contributed by atoms with van der Waals surface area (Å²) in [4.78, 5) is 18.7. The lowest BCUT2D eigenvalue weighted by Crippen LogP contribution is -2.45. The largest absolute Gasteiger partial charge is 0.336 e. The predicted octanol–water partition coefficient (Wildman–Crippen LogP) is 2.34. The third-order valence-electron chi connectivity index (χ3n) is 4.39. The molecule has 1 aromatic rings. The molecule has 2 N–H and O–H groups in total. The van der Waals surface area contributed by atoms with E-state index in [1.54, 1.807) is 6.20 Å². The van der Waals surface area contributed by atoms with Crippen molar-refractivity contribution < 1.29 is 4.79 Å². The number of hydrogen-bond donors (Lipinski definition) is 1. The lowest BCUT2D eigenvalue weighted by Gasteiger charge is -2.42. The van der Waals surface area contributed by atoms with E-state index in [0.717, 1.165) is 18.4 Å². The summed E-state index contributed by atoms with van der Waals surface area (Å²) in [5, 5.41) is 0. The highest BCUT2D eigenvalue weighted by Crippen LogP contribution is 2.43. The first-order chi connectivity index (χ1) is 9.56. The van der Waals surface area contributed by atoms with Gasteiger partial charge in [-0.2, -0.15) is 0 Å². The average molecular weight is 275 g/mol. The average Bonchev–Trinajstić information content (AvgIpc) is 2.41. The van der Waals surface area contributed by atoms with Crippen LogP contribution in [0.15, 0.2) is 24.5 Å². The number of pyridine rings is 1. The van der Waals surface area contributed by atoms with Gasteiger partial charge in [0.2, 0.25) is 5.91 Å². The van der Waals surface area contributed by atoms with Gasteiger partial charge in [0.25, 0.3) is 0 Å². The zero-order valence-electron chi connectivity index (χ0n) is 12.5. The van der Waals surface area contributed by atoms with Crippen LogP contribution in [0.5, 0.6) is 0 Å². The number of amides is 1. The van der Waals surface area contributed by atoms with Crippen LogP contribution in [0.2, 0.25) is 0 Å². The Kier molecular flexibility index (Phi) is 4.76. The zero-order valence-corrected chi connectivity index (χ0v) is 12.5. The molecular weight excluding hydrogens is 250 g/mol. The van der Waals surface area contributed by atoms with Crippen molar-refractivity contribution in [3.8, 4) is 0 Å². The van der Waals surface area contributed by atoms with E-state index in [2.05, 4.69) is 18.8 Å². The fourth-order valence-electron chi connectivity index (χ4n) is 2.80. The Morgan fingerprint density at radius 2 is 2.25 bits per heavy atom. The van der Waals surface area contributed by atoms with Gasteiger partial charge in [-0.1, -0.05) is 12.5 Å². The van der Waals surface area contributed by atoms with E-state index < -0.39 is 0 Å². The molecule has 110 valence electrons. The van der Waals surface area contributed by atoms with Crippen molar-refractivity contribution in [2.75, 3.05) is 6.54 Å². The summed E-state index contributed by atoms with van der Waals surface area (Å²) in [7, 11) is 0. The molecule has 4 heteroatoms. The van der Waals surface area contributed by atoms with Crippen LogP contribution in [0, 0.1) is 5.41 Å². The number of nitrogens with two attached hydrogens (primary N) is 1. The second-order valence-corrected chi connectivity index (χ2v) is 6.21. The number of rotatable bonds is 6. The first-order valence-corrected chi connectivity index (χ1v) is 7.45. The summed E-state index contributed by atoms with van der Waals surface area (Å²) in [6, 6.07) is 4.11. The van der Waals surface area contributed by atoms with Crippen LogP contribution in [-0.2, 0) is 11.3 Å². The lowest BCUT2D eigenvalue weighted by molar-refractivity contribution is -0.137. The van der Waals surface area contributed by atoms with Crippen LogP contribution in [0.3, 0.4) is 0 Å². The standard InChI is InChI=1S/C16H25N3O/c1-13(2)19(11-14-5-3-8-18-10-14)15(20)9-16(12-17)6-4-7-16/h3,5,8,10,13H,4,6-7,9,11-12,17H2,1-2H3. The lowest BCUT2D eigenvalue weighted by atomic mass is 9.66. The summed E-state index contributed by atoms with van der Waals surface area (Å²) in [5.41, 5.74) is 7.01. The van der Waals surface area contributed by atoms with Crippen molar-refractivity contribution in [2.45, 2.75) is 52.1 Å². The molecule has 1 amide bonds. The number of aromatic nitrogens is 1. The quantitative estimate of drug-likeness (QED) is 0.867. The van der Waals surface area contributed by atoms with Crippen LogP contribution < -0.4 is 5.73 Å². The van der Waals surface area contributed by atoms with Gasteiger partial charge in [-0.25, -0.2) is 0 Å². The molecule has 1 aromatic heterocycles. The molecule has 0 aliphatic heterocycles. The van der Waals surface area contributed by atoms with E-state index in [1.165, 1.54) is 6.42 Å². The first-order valence-electron chi connectivity index (χ1n) is 7.45. The van der Waals surface area contributed by atoms with E-state index >= 15 is 0 Å². The van der Waals surface area contributed by atoms with Gasteiger partial charge in [0.15, 0.2) is 0 Å². The Hall–Kier alpha value is -1.42. The molecule has 0 radical (unpaired) electrons. The van der Waals surface area contributed by atoms with Gasteiger partial charge in [0.1, 0.15) is 0 Å². The summed E-state index contributed by atoms with van der Waals surface area (Å²) in [6.45, 7) is 5.37. The summed E-state index contributed by atoms with van der Waals surface area (Å²) in [5.74, 6) is 0.217. The molecule has 0 atom stereocenters. The highest BCUT2D eigenvalue weighted by Gasteiger charge is 2.38. The molecule has 0 bridgehead atoms. The molecule has 0 spiro atoms. The van der Waals surface area contributed by atoms with Crippen molar-refractivity contribution in [2.24, 2.45) is 11.1 Å². The molecule has 1 saturated carbocycles. The molecule has 20 heavy (non-hydrogen) atoms. The normalized spacial score (nSPS) is 16.8. The van der Waals surface area contributed by atoms with E-state index in [4.69, 9.17) is 5.73 Å². The highest BCUT2D eigenvalue weighted by atomic mass is 16.2. The molecule has 1 aliphatic rings. The Labute approximate surface area is 121 Å². The predicted molar refractivity (Wildman–Crippen MR) is 79.9 cm³/mol. The summed E-state index contributed by atoms with van der Waals surface area (Å²) >= 11 is 0. The number of carbonyl (C=O) groups is 1. The van der Waals surface area contributed by atoms with Crippen LogP contribution in [0.25, 0.3) is 0 Å². The van der Waals surface area contributed by atoms with Crippen molar-refractivity contribution in [3.63, 3.8) is 0 Å². The molecule has 0 unspecified atom stereocenters. The Balaban J connectivity index is 2.03. The third kappa shape index (κ3) is 3.37. The van der Waals surface area contributed by atoms with E-state index in [-0.39, 0.29) is 17.4 Å². The monoisotopic (exact) mass is 275 g/mol. The number of carbonyl (C=O) groups excluding carboxylic acids is 1.